The molecule has 6 nitrogen and oxygen atoms in total. The van der Waals surface area contributed by atoms with Crippen molar-refractivity contribution in [2.75, 3.05) is 7.11 Å². The van der Waals surface area contributed by atoms with Crippen LogP contribution in [0.4, 0.5) is 0 Å². The third-order valence-corrected chi connectivity index (χ3v) is 2.91. The second kappa shape index (κ2) is 3.40. The first-order valence-electron chi connectivity index (χ1n) is 5.10. The maximum Gasteiger partial charge on any atom is 0.340 e. The van der Waals surface area contributed by atoms with Gasteiger partial charge in [0.25, 0.3) is 0 Å². The fraction of sp³-hybridized carbons (Fsp3) is 0.900. The summed E-state index contributed by atoms with van der Waals surface area (Å²) < 4.78 is 20.9. The molecule has 0 bridgehead atoms. The van der Waals surface area contributed by atoms with Crippen molar-refractivity contribution in [1.82, 2.24) is 0 Å². The molecule has 0 aliphatic carbocycles. The summed E-state index contributed by atoms with van der Waals surface area (Å²) in [6.45, 7) is 4.96. The van der Waals surface area contributed by atoms with Crippen LogP contribution in [0.1, 0.15) is 20.8 Å². The smallest absolute Gasteiger partial charge is 0.340 e. The molecule has 4 atom stereocenters. The predicted molar refractivity (Wildman–Crippen MR) is 51.3 cm³/mol. The van der Waals surface area contributed by atoms with Gasteiger partial charge in [0.15, 0.2) is 17.7 Å². The molecule has 16 heavy (non-hydrogen) atoms. The molecule has 2 saturated heterocycles. The van der Waals surface area contributed by atoms with Crippen LogP contribution < -0.4 is 0 Å². The Morgan fingerprint density at radius 2 is 1.88 bits per heavy atom. The number of esters is 1. The van der Waals surface area contributed by atoms with E-state index in [-0.39, 0.29) is 0 Å². The molecule has 0 spiro atoms. The molecule has 2 fully saturated rings. The van der Waals surface area contributed by atoms with Gasteiger partial charge in [0.2, 0.25) is 0 Å². The van der Waals surface area contributed by atoms with E-state index in [2.05, 4.69) is 4.74 Å². The average molecular weight is 232 g/mol. The van der Waals surface area contributed by atoms with Gasteiger partial charge in [-0.3, -0.25) is 0 Å². The third-order valence-electron chi connectivity index (χ3n) is 2.91. The fourth-order valence-electron chi connectivity index (χ4n) is 2.18. The zero-order valence-corrected chi connectivity index (χ0v) is 9.72. The van der Waals surface area contributed by atoms with Crippen LogP contribution in [0, 0.1) is 0 Å². The number of fused-ring (bicyclic) bond motifs is 1. The summed E-state index contributed by atoms with van der Waals surface area (Å²) in [6, 6.07) is 0. The first-order chi connectivity index (χ1) is 7.30. The number of hydrogen-bond donors (Lipinski definition) is 1. The highest BCUT2D eigenvalue weighted by atomic mass is 16.8. The maximum absolute atomic E-state index is 11.6. The molecule has 0 aromatic rings. The normalized spacial score (nSPS) is 45.4. The van der Waals surface area contributed by atoms with Crippen molar-refractivity contribution in [1.29, 1.82) is 0 Å². The van der Waals surface area contributed by atoms with E-state index in [1.54, 1.807) is 13.8 Å². The molecule has 0 radical (unpaired) electrons. The Labute approximate surface area is 93.4 Å². The lowest BCUT2D eigenvalue weighted by molar-refractivity contribution is -0.243. The SMILES string of the molecule is COC(=O)[C@@]1(C)O[C@@H](O)[C@@H]2OC(C)(C)O[C@@H]21. The summed E-state index contributed by atoms with van der Waals surface area (Å²) in [5.41, 5.74) is -1.33. The van der Waals surface area contributed by atoms with Gasteiger partial charge in [-0.05, 0) is 20.8 Å². The first-order valence-corrected chi connectivity index (χ1v) is 5.10. The number of hydrogen-bond acceptors (Lipinski definition) is 6. The molecule has 0 aromatic heterocycles. The summed E-state index contributed by atoms with van der Waals surface area (Å²) in [6.07, 6.45) is -2.51. The fourth-order valence-corrected chi connectivity index (χ4v) is 2.18. The van der Waals surface area contributed by atoms with E-state index in [9.17, 15) is 9.90 Å². The molecule has 0 unspecified atom stereocenters. The summed E-state index contributed by atoms with van der Waals surface area (Å²) in [4.78, 5) is 11.6. The molecule has 2 rings (SSSR count). The third kappa shape index (κ3) is 1.53. The minimum Gasteiger partial charge on any atom is -0.467 e. The molecule has 92 valence electrons. The van der Waals surface area contributed by atoms with E-state index in [1.165, 1.54) is 14.0 Å². The number of aliphatic hydroxyl groups excluding tert-OH is 1. The number of rotatable bonds is 1. The molecule has 2 aliphatic heterocycles. The van der Waals surface area contributed by atoms with Gasteiger partial charge in [-0.15, -0.1) is 0 Å². The van der Waals surface area contributed by atoms with E-state index in [0.717, 1.165) is 0 Å². The molecule has 6 heteroatoms. The van der Waals surface area contributed by atoms with Gasteiger partial charge >= 0.3 is 5.97 Å². The lowest BCUT2D eigenvalue weighted by Crippen LogP contribution is -2.48. The van der Waals surface area contributed by atoms with E-state index < -0.39 is 35.9 Å². The Balaban J connectivity index is 2.28. The van der Waals surface area contributed by atoms with Crippen LogP contribution in [0.2, 0.25) is 0 Å². The number of carbonyl (C=O) groups excluding carboxylic acids is 1. The lowest BCUT2D eigenvalue weighted by atomic mass is 9.98. The van der Waals surface area contributed by atoms with E-state index in [4.69, 9.17) is 14.2 Å². The highest BCUT2D eigenvalue weighted by Gasteiger charge is 2.64. The molecule has 1 N–H and O–H groups in total. The van der Waals surface area contributed by atoms with E-state index >= 15 is 0 Å². The second-order valence-corrected chi connectivity index (χ2v) is 4.63. The van der Waals surface area contributed by atoms with Crippen LogP contribution in [0.5, 0.6) is 0 Å². The molecule has 0 saturated carbocycles. The quantitative estimate of drug-likeness (QED) is 0.630. The van der Waals surface area contributed by atoms with Gasteiger partial charge in [-0.2, -0.15) is 0 Å². The van der Waals surface area contributed by atoms with E-state index in [1.807, 2.05) is 0 Å². The molecule has 2 heterocycles. The Hall–Kier alpha value is -0.690. The first kappa shape index (κ1) is 11.8. The highest BCUT2D eigenvalue weighted by molar-refractivity contribution is 5.80. The van der Waals surface area contributed by atoms with Crippen molar-refractivity contribution in [3.63, 3.8) is 0 Å². The maximum atomic E-state index is 11.6. The molecule has 0 amide bonds. The van der Waals surface area contributed by atoms with Gasteiger partial charge < -0.3 is 24.1 Å². The Morgan fingerprint density at radius 3 is 2.44 bits per heavy atom. The van der Waals surface area contributed by atoms with Crippen molar-refractivity contribution in [2.45, 2.75) is 50.7 Å². The molecule has 2 aliphatic rings. The van der Waals surface area contributed by atoms with Crippen molar-refractivity contribution in [3.8, 4) is 0 Å². The van der Waals surface area contributed by atoms with Crippen LogP contribution in [0.3, 0.4) is 0 Å². The van der Waals surface area contributed by atoms with Crippen molar-refractivity contribution >= 4 is 5.97 Å². The largest absolute Gasteiger partial charge is 0.467 e. The highest BCUT2D eigenvalue weighted by Crippen LogP contribution is 2.43. The van der Waals surface area contributed by atoms with E-state index in [0.29, 0.717) is 0 Å². The van der Waals surface area contributed by atoms with Crippen LogP contribution in [-0.4, -0.2) is 48.1 Å². The Bertz CT molecular complexity index is 314. The molecule has 0 aromatic carbocycles. The lowest BCUT2D eigenvalue weighted by Gasteiger charge is -2.28. The Morgan fingerprint density at radius 1 is 1.25 bits per heavy atom. The second-order valence-electron chi connectivity index (χ2n) is 4.63. The summed E-state index contributed by atoms with van der Waals surface area (Å²) >= 11 is 0. The summed E-state index contributed by atoms with van der Waals surface area (Å²) in [7, 11) is 1.26. The predicted octanol–water partition coefficient (Wildman–Crippen LogP) is -0.213. The number of carbonyl (C=O) groups is 1. The van der Waals surface area contributed by atoms with Crippen molar-refractivity contribution in [3.05, 3.63) is 0 Å². The average Bonchev–Trinajstić information content (AvgIpc) is 2.62. The van der Waals surface area contributed by atoms with Gasteiger partial charge in [0, 0.05) is 0 Å². The summed E-state index contributed by atoms with van der Waals surface area (Å²) in [5.74, 6) is -1.42. The minimum atomic E-state index is -1.33. The minimum absolute atomic E-state index is 0.583. The van der Waals surface area contributed by atoms with Gasteiger partial charge in [-0.1, -0.05) is 0 Å². The Kier molecular flexibility index (Phi) is 2.50. The number of aliphatic hydroxyl groups is 1. The van der Waals surface area contributed by atoms with Crippen LogP contribution >= 0.6 is 0 Å². The van der Waals surface area contributed by atoms with Crippen LogP contribution in [0.25, 0.3) is 0 Å². The van der Waals surface area contributed by atoms with Crippen molar-refractivity contribution < 1.29 is 28.8 Å². The number of ether oxygens (including phenoxy) is 4. The molecular formula is C10H16O6. The van der Waals surface area contributed by atoms with Crippen molar-refractivity contribution in [2.24, 2.45) is 0 Å². The van der Waals surface area contributed by atoms with Gasteiger partial charge in [0.05, 0.1) is 7.11 Å². The standard InChI is InChI=1S/C10H16O6/c1-9(2)14-5-6(15-9)10(3,8(12)13-4)16-7(5)11/h5-7,11H,1-4H3/t5-,6+,7-,10+/m1/s1. The zero-order valence-electron chi connectivity index (χ0n) is 9.72. The van der Waals surface area contributed by atoms with Gasteiger partial charge in [0.1, 0.15) is 12.2 Å². The monoisotopic (exact) mass is 232 g/mol. The number of methoxy groups -OCH3 is 1. The van der Waals surface area contributed by atoms with Gasteiger partial charge in [-0.25, -0.2) is 4.79 Å². The molecular weight excluding hydrogens is 216 g/mol. The topological polar surface area (TPSA) is 74.2 Å². The van der Waals surface area contributed by atoms with Crippen LogP contribution in [0.15, 0.2) is 0 Å². The van der Waals surface area contributed by atoms with Crippen LogP contribution in [-0.2, 0) is 23.7 Å². The summed E-state index contributed by atoms with van der Waals surface area (Å²) in [5, 5.41) is 9.68. The zero-order chi connectivity index (χ0) is 12.1.